The van der Waals surface area contributed by atoms with Crippen LogP contribution in [0.5, 0.6) is 5.75 Å². The van der Waals surface area contributed by atoms with E-state index in [9.17, 15) is 9.59 Å². The van der Waals surface area contributed by atoms with Crippen molar-refractivity contribution in [1.82, 2.24) is 10.6 Å². The summed E-state index contributed by atoms with van der Waals surface area (Å²) in [6.07, 6.45) is 0. The average Bonchev–Trinajstić information content (AvgIpc) is 2.36. The minimum absolute atomic E-state index is 0.127. The largest absolute Gasteiger partial charge is 0.495 e. The Morgan fingerprint density at radius 1 is 1.26 bits per heavy atom. The van der Waals surface area contributed by atoms with Crippen LogP contribution in [0.2, 0.25) is 5.02 Å². The van der Waals surface area contributed by atoms with Gasteiger partial charge in [-0.25, -0.2) is 0 Å². The summed E-state index contributed by atoms with van der Waals surface area (Å²) >= 11 is 5.99. The summed E-state index contributed by atoms with van der Waals surface area (Å²) in [6, 6.07) is 3.29. The normalized spacial score (nSPS) is 9.89. The highest BCUT2D eigenvalue weighted by Gasteiger charge is 2.12. The minimum Gasteiger partial charge on any atom is -0.495 e. The Labute approximate surface area is 117 Å². The first-order chi connectivity index (χ1) is 8.95. The monoisotopic (exact) mass is 284 g/mol. The molecule has 1 aromatic rings. The predicted octanol–water partition coefficient (Wildman–Crippen LogP) is 1.52. The van der Waals surface area contributed by atoms with Gasteiger partial charge in [0.05, 0.1) is 12.1 Å². The second kappa shape index (κ2) is 6.99. The number of nitrogens with one attached hydrogen (secondary N) is 2. The molecule has 0 saturated carbocycles. The van der Waals surface area contributed by atoms with Crippen molar-refractivity contribution in [3.63, 3.8) is 0 Å². The van der Waals surface area contributed by atoms with Crippen molar-refractivity contribution in [2.75, 3.05) is 20.2 Å². The third kappa shape index (κ3) is 4.44. The van der Waals surface area contributed by atoms with Crippen molar-refractivity contribution in [1.29, 1.82) is 0 Å². The summed E-state index contributed by atoms with van der Waals surface area (Å²) in [6.45, 7) is 3.99. The van der Waals surface area contributed by atoms with Gasteiger partial charge in [0.1, 0.15) is 5.75 Å². The highest BCUT2D eigenvalue weighted by atomic mass is 35.5. The van der Waals surface area contributed by atoms with E-state index in [0.717, 1.165) is 5.56 Å². The van der Waals surface area contributed by atoms with Crippen LogP contribution in [0.1, 0.15) is 22.8 Å². The van der Waals surface area contributed by atoms with Crippen molar-refractivity contribution in [2.45, 2.75) is 13.8 Å². The molecule has 104 valence electrons. The lowest BCUT2D eigenvalue weighted by molar-refractivity contribution is -0.118. The highest BCUT2D eigenvalue weighted by Crippen LogP contribution is 2.27. The summed E-state index contributed by atoms with van der Waals surface area (Å²) in [5.74, 6) is 0.180. The molecule has 0 aliphatic heterocycles. The van der Waals surface area contributed by atoms with Crippen molar-refractivity contribution >= 4 is 23.4 Å². The Morgan fingerprint density at radius 2 is 1.89 bits per heavy atom. The van der Waals surface area contributed by atoms with E-state index in [0.29, 0.717) is 29.4 Å². The van der Waals surface area contributed by atoms with Gasteiger partial charge in [-0.1, -0.05) is 11.6 Å². The molecular weight excluding hydrogens is 268 g/mol. The number of halogens is 1. The molecular formula is C13H17ClN2O3. The van der Waals surface area contributed by atoms with E-state index in [4.69, 9.17) is 16.3 Å². The lowest BCUT2D eigenvalue weighted by Gasteiger charge is -2.11. The lowest BCUT2D eigenvalue weighted by atomic mass is 10.1. The Hall–Kier alpha value is -1.75. The maximum atomic E-state index is 11.9. The Balaban J connectivity index is 2.67. The highest BCUT2D eigenvalue weighted by molar-refractivity contribution is 6.32. The number of rotatable bonds is 5. The fraction of sp³-hybridized carbons (Fsp3) is 0.385. The van der Waals surface area contributed by atoms with Gasteiger partial charge in [-0.05, 0) is 24.6 Å². The van der Waals surface area contributed by atoms with Crippen LogP contribution in [0.4, 0.5) is 0 Å². The Morgan fingerprint density at radius 3 is 2.47 bits per heavy atom. The number of methoxy groups -OCH3 is 1. The van der Waals surface area contributed by atoms with Gasteiger partial charge in [-0.2, -0.15) is 0 Å². The number of benzene rings is 1. The molecule has 0 fully saturated rings. The second-order valence-electron chi connectivity index (χ2n) is 4.04. The second-order valence-corrected chi connectivity index (χ2v) is 4.45. The van der Waals surface area contributed by atoms with Crippen LogP contribution in [0.15, 0.2) is 12.1 Å². The number of carbonyl (C=O) groups is 2. The van der Waals surface area contributed by atoms with Gasteiger partial charge in [0.25, 0.3) is 5.91 Å². The zero-order valence-corrected chi connectivity index (χ0v) is 11.9. The first-order valence-electron chi connectivity index (χ1n) is 5.82. The van der Waals surface area contributed by atoms with E-state index in [1.807, 2.05) is 6.92 Å². The number of carbonyl (C=O) groups excluding carboxylic acids is 2. The van der Waals surface area contributed by atoms with Gasteiger partial charge >= 0.3 is 0 Å². The fourth-order valence-electron chi connectivity index (χ4n) is 1.57. The van der Waals surface area contributed by atoms with E-state index < -0.39 is 0 Å². The van der Waals surface area contributed by atoms with Crippen LogP contribution in [0, 0.1) is 6.92 Å². The van der Waals surface area contributed by atoms with Gasteiger partial charge in [-0.15, -0.1) is 0 Å². The van der Waals surface area contributed by atoms with Gasteiger partial charge in [0.15, 0.2) is 0 Å². The third-order valence-electron chi connectivity index (χ3n) is 2.53. The van der Waals surface area contributed by atoms with Crippen LogP contribution in [0.25, 0.3) is 0 Å². The SMILES string of the molecule is COc1cc(C)c(C(=O)NCCNC(C)=O)cc1Cl. The smallest absolute Gasteiger partial charge is 0.251 e. The number of ether oxygens (including phenoxy) is 1. The predicted molar refractivity (Wildman–Crippen MR) is 73.8 cm³/mol. The number of amides is 2. The maximum Gasteiger partial charge on any atom is 0.251 e. The van der Waals surface area contributed by atoms with Crippen LogP contribution in [-0.4, -0.2) is 32.0 Å². The van der Waals surface area contributed by atoms with E-state index >= 15 is 0 Å². The zero-order valence-electron chi connectivity index (χ0n) is 11.2. The molecule has 0 unspecified atom stereocenters. The summed E-state index contributed by atoms with van der Waals surface area (Å²) in [4.78, 5) is 22.6. The quantitative estimate of drug-likeness (QED) is 0.806. The molecule has 1 aromatic carbocycles. The summed E-state index contributed by atoms with van der Waals surface area (Å²) in [7, 11) is 1.52. The van der Waals surface area contributed by atoms with Gasteiger partial charge in [0.2, 0.25) is 5.91 Å². The molecule has 0 atom stereocenters. The lowest BCUT2D eigenvalue weighted by Crippen LogP contribution is -2.33. The van der Waals surface area contributed by atoms with E-state index in [1.54, 1.807) is 12.1 Å². The van der Waals surface area contributed by atoms with Gasteiger partial charge in [-0.3, -0.25) is 9.59 Å². The molecule has 2 N–H and O–H groups in total. The van der Waals surface area contributed by atoms with E-state index in [-0.39, 0.29) is 11.8 Å². The molecule has 0 aromatic heterocycles. The number of hydrogen-bond donors (Lipinski definition) is 2. The van der Waals surface area contributed by atoms with Crippen LogP contribution < -0.4 is 15.4 Å². The van der Waals surface area contributed by atoms with Crippen molar-refractivity contribution in [3.8, 4) is 5.75 Å². The zero-order chi connectivity index (χ0) is 14.4. The summed E-state index contributed by atoms with van der Waals surface area (Å²) in [5.41, 5.74) is 1.27. The van der Waals surface area contributed by atoms with Gasteiger partial charge in [0, 0.05) is 25.6 Å². The van der Waals surface area contributed by atoms with Crippen LogP contribution in [0.3, 0.4) is 0 Å². The molecule has 6 heteroatoms. The number of aryl methyl sites for hydroxylation is 1. The summed E-state index contributed by atoms with van der Waals surface area (Å²) < 4.78 is 5.07. The molecule has 0 heterocycles. The van der Waals surface area contributed by atoms with Crippen molar-refractivity contribution in [2.24, 2.45) is 0 Å². The van der Waals surface area contributed by atoms with Gasteiger partial charge < -0.3 is 15.4 Å². The average molecular weight is 285 g/mol. The van der Waals surface area contributed by atoms with E-state index in [1.165, 1.54) is 14.0 Å². The maximum absolute atomic E-state index is 11.9. The fourth-order valence-corrected chi connectivity index (χ4v) is 1.81. The Bertz CT molecular complexity index is 489. The molecule has 0 spiro atoms. The molecule has 0 aliphatic carbocycles. The third-order valence-corrected chi connectivity index (χ3v) is 2.82. The van der Waals surface area contributed by atoms with Crippen molar-refractivity contribution < 1.29 is 14.3 Å². The van der Waals surface area contributed by atoms with Crippen molar-refractivity contribution in [3.05, 3.63) is 28.3 Å². The number of hydrogen-bond acceptors (Lipinski definition) is 3. The molecule has 0 bridgehead atoms. The molecule has 0 aliphatic rings. The van der Waals surface area contributed by atoms with E-state index in [2.05, 4.69) is 10.6 Å². The Kier molecular flexibility index (Phi) is 5.63. The molecule has 0 saturated heterocycles. The molecule has 1 rings (SSSR count). The first-order valence-corrected chi connectivity index (χ1v) is 6.20. The molecule has 0 radical (unpaired) electrons. The van der Waals surface area contributed by atoms with Crippen LogP contribution >= 0.6 is 11.6 Å². The van der Waals surface area contributed by atoms with Crippen LogP contribution in [-0.2, 0) is 4.79 Å². The molecule has 2 amide bonds. The topological polar surface area (TPSA) is 67.4 Å². The molecule has 5 nitrogen and oxygen atoms in total. The summed E-state index contributed by atoms with van der Waals surface area (Å²) in [5, 5.41) is 5.69. The first kappa shape index (κ1) is 15.3. The molecule has 19 heavy (non-hydrogen) atoms. The standard InChI is InChI=1S/C13H17ClN2O3/c1-8-6-12(19-3)11(14)7-10(8)13(18)16-5-4-15-9(2)17/h6-7H,4-5H2,1-3H3,(H,15,17)(H,16,18). The minimum atomic E-state index is -0.229.